The van der Waals surface area contributed by atoms with Gasteiger partial charge in [0.15, 0.2) is 5.82 Å². The summed E-state index contributed by atoms with van der Waals surface area (Å²) in [6.07, 6.45) is 2.16. The van der Waals surface area contributed by atoms with Crippen molar-refractivity contribution in [3.63, 3.8) is 0 Å². The van der Waals surface area contributed by atoms with Crippen LogP contribution in [0.15, 0.2) is 46.5 Å². The maximum Gasteiger partial charge on any atom is 0.329 e. The molecule has 0 spiro atoms. The number of aryl methyl sites for hydroxylation is 1. The van der Waals surface area contributed by atoms with Gasteiger partial charge in [0.2, 0.25) is 11.7 Å². The molecule has 0 fully saturated rings. The summed E-state index contributed by atoms with van der Waals surface area (Å²) in [5.74, 6) is -0.0925. The van der Waals surface area contributed by atoms with E-state index in [0.717, 1.165) is 41.9 Å². The van der Waals surface area contributed by atoms with E-state index < -0.39 is 18.5 Å². The molecule has 0 radical (unpaired) electrons. The van der Waals surface area contributed by atoms with E-state index in [-0.39, 0.29) is 17.6 Å². The maximum atomic E-state index is 12.0. The van der Waals surface area contributed by atoms with Crippen LogP contribution in [-0.4, -0.2) is 68.6 Å². The number of aliphatic imine (C=N–C) groups is 1. The fourth-order valence-electron chi connectivity index (χ4n) is 6.14. The highest BCUT2D eigenvalue weighted by Gasteiger charge is 2.38. The van der Waals surface area contributed by atoms with E-state index in [1.807, 2.05) is 12.1 Å². The maximum absolute atomic E-state index is 12.0. The number of nitrogens with one attached hydrogen (secondary N) is 1. The quantitative estimate of drug-likeness (QED) is 0.294. The Bertz CT molecular complexity index is 1680. The normalized spacial score (nSPS) is 18.0. The number of rotatable bonds is 9. The van der Waals surface area contributed by atoms with Gasteiger partial charge in [-0.05, 0) is 87.1 Å². The molecule has 238 valence electrons. The van der Waals surface area contributed by atoms with Crippen molar-refractivity contribution in [2.45, 2.75) is 79.7 Å². The summed E-state index contributed by atoms with van der Waals surface area (Å²) in [5, 5.41) is 20.9. The third kappa shape index (κ3) is 6.68. The summed E-state index contributed by atoms with van der Waals surface area (Å²) in [7, 11) is 0. The van der Waals surface area contributed by atoms with Gasteiger partial charge >= 0.3 is 5.97 Å². The van der Waals surface area contributed by atoms with Gasteiger partial charge in [-0.25, -0.2) is 14.8 Å². The fourth-order valence-corrected chi connectivity index (χ4v) is 6.14. The minimum absolute atomic E-state index is 0.0900. The SMILES string of the molecule is CCCN1c2cc(C)c(/N=C3/C(C(C)(C)C)=Nn4nc(-c5ccc(NC(=O)COCC(=O)O)cc5)nc43)cc2C(C)CC1(C)C. The van der Waals surface area contributed by atoms with Crippen LogP contribution in [0.4, 0.5) is 17.1 Å². The molecule has 0 saturated carbocycles. The second-order valence-electron chi connectivity index (χ2n) is 13.6. The number of hydrogen-bond acceptors (Lipinski definition) is 8. The molecule has 11 heteroatoms. The van der Waals surface area contributed by atoms with Crippen LogP contribution in [0.2, 0.25) is 0 Å². The highest BCUT2D eigenvalue weighted by atomic mass is 16.5. The zero-order valence-electron chi connectivity index (χ0n) is 27.4. The second kappa shape index (κ2) is 12.2. The van der Waals surface area contributed by atoms with Crippen molar-refractivity contribution in [1.29, 1.82) is 0 Å². The average Bonchev–Trinajstić information content (AvgIpc) is 3.51. The van der Waals surface area contributed by atoms with E-state index in [1.54, 1.807) is 16.9 Å². The minimum Gasteiger partial charge on any atom is -0.480 e. The Morgan fingerprint density at radius 2 is 1.87 bits per heavy atom. The summed E-state index contributed by atoms with van der Waals surface area (Å²) in [6.45, 7) is 17.8. The first-order valence-corrected chi connectivity index (χ1v) is 15.5. The molecule has 0 aliphatic carbocycles. The number of ether oxygens (including phenoxy) is 1. The molecule has 1 atom stereocenters. The van der Waals surface area contributed by atoms with Gasteiger partial charge in [0.1, 0.15) is 18.9 Å². The second-order valence-corrected chi connectivity index (χ2v) is 13.6. The summed E-state index contributed by atoms with van der Waals surface area (Å²) in [6, 6.07) is 11.6. The largest absolute Gasteiger partial charge is 0.480 e. The Morgan fingerprint density at radius 1 is 1.16 bits per heavy atom. The number of carbonyl (C=O) groups is 2. The Morgan fingerprint density at radius 3 is 2.51 bits per heavy atom. The van der Waals surface area contributed by atoms with Gasteiger partial charge in [0, 0.05) is 34.4 Å². The van der Waals surface area contributed by atoms with E-state index in [0.29, 0.717) is 29.0 Å². The predicted octanol–water partition coefficient (Wildman–Crippen LogP) is 6.18. The summed E-state index contributed by atoms with van der Waals surface area (Å²) < 4.78 is 4.84. The Labute approximate surface area is 264 Å². The topological polar surface area (TPSA) is 134 Å². The van der Waals surface area contributed by atoms with Gasteiger partial charge in [0.05, 0.1) is 11.4 Å². The average molecular weight is 614 g/mol. The number of carboxylic acid groups (broad SMARTS) is 1. The van der Waals surface area contributed by atoms with E-state index in [2.05, 4.69) is 82.8 Å². The van der Waals surface area contributed by atoms with Crippen molar-refractivity contribution in [2.75, 3.05) is 30.0 Å². The lowest BCUT2D eigenvalue weighted by molar-refractivity contribution is -0.143. The fraction of sp³-hybridized carbons (Fsp3) is 0.471. The lowest BCUT2D eigenvalue weighted by Gasteiger charge is -2.48. The van der Waals surface area contributed by atoms with E-state index in [9.17, 15) is 9.59 Å². The molecule has 3 aromatic rings. The number of nitrogens with zero attached hydrogens (tertiary/aromatic N) is 6. The Kier molecular flexibility index (Phi) is 8.68. The lowest BCUT2D eigenvalue weighted by Crippen LogP contribution is -2.48. The van der Waals surface area contributed by atoms with Crippen LogP contribution in [0.1, 0.15) is 84.2 Å². The Balaban J connectivity index is 1.46. The molecule has 2 N–H and O–H groups in total. The summed E-state index contributed by atoms with van der Waals surface area (Å²) >= 11 is 0. The number of aliphatic carboxylic acids is 1. The Hall–Kier alpha value is -4.38. The molecule has 2 aliphatic rings. The number of benzene rings is 2. The van der Waals surface area contributed by atoms with Crippen molar-refractivity contribution in [3.05, 3.63) is 53.3 Å². The number of amides is 1. The molecule has 5 rings (SSSR count). The zero-order chi connectivity index (χ0) is 32.7. The molecule has 1 unspecified atom stereocenters. The van der Waals surface area contributed by atoms with Gasteiger partial charge in [-0.15, -0.1) is 9.89 Å². The van der Waals surface area contributed by atoms with Crippen LogP contribution in [-0.2, 0) is 14.3 Å². The third-order valence-corrected chi connectivity index (χ3v) is 8.20. The number of fused-ring (bicyclic) bond motifs is 2. The van der Waals surface area contributed by atoms with E-state index >= 15 is 0 Å². The molecule has 3 heterocycles. The smallest absolute Gasteiger partial charge is 0.329 e. The van der Waals surface area contributed by atoms with E-state index in [4.69, 9.17) is 24.9 Å². The molecule has 1 aromatic heterocycles. The summed E-state index contributed by atoms with van der Waals surface area (Å²) in [4.78, 5) is 36.9. The van der Waals surface area contributed by atoms with Crippen LogP contribution < -0.4 is 10.2 Å². The first-order chi connectivity index (χ1) is 21.2. The monoisotopic (exact) mass is 613 g/mol. The molecular formula is C34H43N7O4. The van der Waals surface area contributed by atoms with Crippen molar-refractivity contribution < 1.29 is 19.4 Å². The first kappa shape index (κ1) is 32.0. The van der Waals surface area contributed by atoms with Crippen molar-refractivity contribution >= 4 is 40.4 Å². The highest BCUT2D eigenvalue weighted by molar-refractivity contribution is 6.50. The molecule has 1 amide bonds. The third-order valence-electron chi connectivity index (χ3n) is 8.20. The van der Waals surface area contributed by atoms with Crippen molar-refractivity contribution in [2.24, 2.45) is 15.5 Å². The minimum atomic E-state index is -1.13. The van der Waals surface area contributed by atoms with Crippen LogP contribution in [0.3, 0.4) is 0 Å². The van der Waals surface area contributed by atoms with Gasteiger partial charge in [-0.3, -0.25) is 4.79 Å². The van der Waals surface area contributed by atoms with E-state index in [1.165, 1.54) is 11.3 Å². The van der Waals surface area contributed by atoms with Gasteiger partial charge < -0.3 is 20.1 Å². The molecule has 2 aromatic carbocycles. The first-order valence-electron chi connectivity index (χ1n) is 15.5. The molecule has 0 saturated heterocycles. The van der Waals surface area contributed by atoms with Crippen LogP contribution in [0.5, 0.6) is 0 Å². The molecule has 0 bridgehead atoms. The highest BCUT2D eigenvalue weighted by Crippen LogP contribution is 2.46. The molecule has 11 nitrogen and oxygen atoms in total. The van der Waals surface area contributed by atoms with Gasteiger partial charge in [-0.1, -0.05) is 34.6 Å². The lowest BCUT2D eigenvalue weighted by atomic mass is 9.79. The molecule has 45 heavy (non-hydrogen) atoms. The van der Waals surface area contributed by atoms with Crippen molar-refractivity contribution in [1.82, 2.24) is 14.9 Å². The zero-order valence-corrected chi connectivity index (χ0v) is 27.4. The van der Waals surface area contributed by atoms with Gasteiger partial charge in [-0.2, -0.15) is 5.10 Å². The predicted molar refractivity (Wildman–Crippen MR) is 177 cm³/mol. The van der Waals surface area contributed by atoms with Gasteiger partial charge in [0.25, 0.3) is 0 Å². The van der Waals surface area contributed by atoms with Crippen LogP contribution in [0, 0.1) is 12.3 Å². The van der Waals surface area contributed by atoms with Crippen molar-refractivity contribution in [3.8, 4) is 11.4 Å². The number of hydrogen-bond donors (Lipinski definition) is 2. The van der Waals surface area contributed by atoms with Crippen LogP contribution >= 0.6 is 0 Å². The molecular weight excluding hydrogens is 570 g/mol. The number of anilines is 2. The standard InChI is InChI=1S/C34H43N7O4/c1-9-14-40-26-15-20(2)25(16-24(26)21(3)17-34(40,7)8)36-29-30(33(4,5)6)38-41-32(29)37-31(39-41)22-10-12-23(13-11-22)35-27(42)18-45-19-28(43)44/h10-13,15-16,21H,9,14,17-19H2,1-8H3,(H,35,42)(H,43,44)/b36-29-. The van der Waals surface area contributed by atoms with Crippen LogP contribution in [0.25, 0.3) is 11.4 Å². The molecule has 2 aliphatic heterocycles. The number of carbonyl (C=O) groups excluding carboxylic acids is 1. The number of carboxylic acids is 1. The number of aromatic nitrogens is 3. The summed E-state index contributed by atoms with van der Waals surface area (Å²) in [5.41, 5.74) is 7.27.